The highest BCUT2D eigenvalue weighted by Gasteiger charge is 2.22. The van der Waals surface area contributed by atoms with Crippen molar-refractivity contribution in [2.24, 2.45) is 0 Å². The van der Waals surface area contributed by atoms with Gasteiger partial charge in [-0.15, -0.1) is 0 Å². The number of esters is 2. The minimum absolute atomic E-state index is 0.141. The summed E-state index contributed by atoms with van der Waals surface area (Å²) in [6, 6.07) is 0. The Morgan fingerprint density at radius 3 is 1.01 bits per heavy atom. The second kappa shape index (κ2) is 59.8. The number of carbonyl (C=O) groups is 3. The number of carboxylic acid groups (broad SMARTS) is 1. The van der Waals surface area contributed by atoms with E-state index in [2.05, 4.69) is 135 Å². The Kier molecular flexibility index (Phi) is 56.5. The van der Waals surface area contributed by atoms with Crippen molar-refractivity contribution in [1.29, 1.82) is 0 Å². The number of ether oxygens (including phenoxy) is 4. The molecule has 0 fully saturated rings. The van der Waals surface area contributed by atoms with E-state index in [1.807, 2.05) is 21.1 Å². The summed E-state index contributed by atoms with van der Waals surface area (Å²) in [4.78, 5) is 37.4. The quantitative estimate of drug-likeness (QED) is 0.0195. The molecule has 9 heteroatoms. The maximum Gasteiger partial charge on any atom is 0.306 e. The van der Waals surface area contributed by atoms with E-state index in [1.54, 1.807) is 0 Å². The summed E-state index contributed by atoms with van der Waals surface area (Å²) in [6.45, 7) is 4.52. The summed E-state index contributed by atoms with van der Waals surface area (Å²) in [6.07, 6.45) is 81.0. The van der Waals surface area contributed by atoms with E-state index < -0.39 is 24.3 Å². The van der Waals surface area contributed by atoms with Gasteiger partial charge in [0, 0.05) is 12.8 Å². The third-order valence-electron chi connectivity index (χ3n) is 13.2. The summed E-state index contributed by atoms with van der Waals surface area (Å²) in [5.41, 5.74) is 0. The van der Waals surface area contributed by atoms with Gasteiger partial charge in [0.1, 0.15) is 13.2 Å². The number of hydrogen-bond donors (Lipinski definition) is 0. The van der Waals surface area contributed by atoms with E-state index in [4.69, 9.17) is 18.9 Å². The minimum atomic E-state index is -1.63. The van der Waals surface area contributed by atoms with Crippen LogP contribution in [0.3, 0.4) is 0 Å². The molecule has 450 valence electrons. The molecule has 0 aromatic rings. The number of nitrogens with zero attached hydrogens (tertiary/aromatic N) is 1. The van der Waals surface area contributed by atoms with Crippen molar-refractivity contribution in [1.82, 2.24) is 0 Å². The SMILES string of the molecule is CC/C=C\C/C=C\C/C=C\C/C=C\C/C=C\CCCCCCCCCCCCCC(=O)OCC(COC(OCC[N+](C)(C)C)C(=O)[O-])OC(=O)CCCCCCCCCCCCC/C=C\C/C=C\C/C=C\C/C=C\C/C=C\CC. The van der Waals surface area contributed by atoms with Gasteiger partial charge >= 0.3 is 11.9 Å². The summed E-state index contributed by atoms with van der Waals surface area (Å²) in [5.74, 6) is -2.30. The van der Waals surface area contributed by atoms with Crippen LogP contribution in [0.5, 0.6) is 0 Å². The van der Waals surface area contributed by atoms with Gasteiger partial charge in [-0.25, -0.2) is 0 Å². The number of aliphatic carboxylic acids is 1. The molecule has 9 nitrogen and oxygen atoms in total. The number of unbranched alkanes of at least 4 members (excludes halogenated alkanes) is 22. The smallest absolute Gasteiger partial charge is 0.306 e. The molecule has 0 aromatic carbocycles. The number of allylic oxidation sites excluding steroid dienone is 20. The number of hydrogen-bond acceptors (Lipinski definition) is 8. The van der Waals surface area contributed by atoms with E-state index in [0.29, 0.717) is 17.4 Å². The van der Waals surface area contributed by atoms with Crippen LogP contribution in [-0.2, 0) is 33.3 Å². The molecule has 0 aliphatic rings. The van der Waals surface area contributed by atoms with E-state index in [0.717, 1.165) is 116 Å². The maximum absolute atomic E-state index is 12.9. The fourth-order valence-corrected chi connectivity index (χ4v) is 8.41. The van der Waals surface area contributed by atoms with Crippen molar-refractivity contribution >= 4 is 17.9 Å². The largest absolute Gasteiger partial charge is 0.545 e. The average Bonchev–Trinajstić information content (AvgIpc) is 3.42. The van der Waals surface area contributed by atoms with E-state index in [9.17, 15) is 19.5 Å². The third kappa shape index (κ3) is 61.2. The Labute approximate surface area is 485 Å². The van der Waals surface area contributed by atoms with Crippen LogP contribution in [0.15, 0.2) is 122 Å². The lowest BCUT2D eigenvalue weighted by molar-refractivity contribution is -0.870. The number of quaternary nitrogens is 1. The molecule has 0 radical (unpaired) electrons. The van der Waals surface area contributed by atoms with Gasteiger partial charge in [0.05, 0.1) is 40.3 Å². The lowest BCUT2D eigenvalue weighted by Crippen LogP contribution is -2.44. The number of carboxylic acids is 1. The molecule has 0 aromatic heterocycles. The molecule has 0 saturated carbocycles. The van der Waals surface area contributed by atoms with Gasteiger partial charge in [-0.3, -0.25) is 9.59 Å². The molecular weight excluding hydrogens is 983 g/mol. The minimum Gasteiger partial charge on any atom is -0.545 e. The van der Waals surface area contributed by atoms with Gasteiger partial charge in [-0.1, -0.05) is 251 Å². The Bertz CT molecular complexity index is 1710. The molecule has 0 amide bonds. The molecule has 0 aliphatic heterocycles. The summed E-state index contributed by atoms with van der Waals surface area (Å²) in [7, 11) is 5.92. The number of carbonyl (C=O) groups excluding carboxylic acids is 3. The lowest BCUT2D eigenvalue weighted by Gasteiger charge is -2.26. The first-order valence-corrected chi connectivity index (χ1v) is 31.7. The van der Waals surface area contributed by atoms with Crippen LogP contribution in [0, 0.1) is 0 Å². The average molecular weight is 1100 g/mol. The molecule has 2 unspecified atom stereocenters. The molecule has 79 heavy (non-hydrogen) atoms. The Morgan fingerprint density at radius 2 is 0.684 bits per heavy atom. The topological polar surface area (TPSA) is 111 Å². The first-order valence-electron chi connectivity index (χ1n) is 31.7. The number of likely N-dealkylation sites (N-methyl/N-ethyl adjacent to an activating group) is 1. The molecule has 0 saturated heterocycles. The zero-order valence-electron chi connectivity index (χ0n) is 51.2. The normalized spacial score (nSPS) is 13.6. The predicted octanol–water partition coefficient (Wildman–Crippen LogP) is 17.9. The zero-order chi connectivity index (χ0) is 57.6. The van der Waals surface area contributed by atoms with Crippen LogP contribution in [0.4, 0.5) is 0 Å². The van der Waals surface area contributed by atoms with Gasteiger partial charge < -0.3 is 33.3 Å². The Balaban J connectivity index is 4.22. The van der Waals surface area contributed by atoms with E-state index in [1.165, 1.54) is 96.3 Å². The van der Waals surface area contributed by atoms with Gasteiger partial charge in [0.15, 0.2) is 12.4 Å². The highest BCUT2D eigenvalue weighted by atomic mass is 16.7. The van der Waals surface area contributed by atoms with Crippen LogP contribution in [-0.4, -0.2) is 82.3 Å². The van der Waals surface area contributed by atoms with Crippen LogP contribution < -0.4 is 5.11 Å². The number of rotatable bonds is 57. The Hall–Kier alpha value is -4.31. The first kappa shape index (κ1) is 74.7. The van der Waals surface area contributed by atoms with E-state index >= 15 is 0 Å². The predicted molar refractivity (Wildman–Crippen MR) is 333 cm³/mol. The summed E-state index contributed by atoms with van der Waals surface area (Å²) in [5, 5.41) is 11.8. The van der Waals surface area contributed by atoms with Crippen LogP contribution in [0.25, 0.3) is 0 Å². The fraction of sp³-hybridized carbons (Fsp3) is 0.671. The third-order valence-corrected chi connectivity index (χ3v) is 13.2. The van der Waals surface area contributed by atoms with Gasteiger partial charge in [0.25, 0.3) is 0 Å². The molecule has 0 aliphatic carbocycles. The second-order valence-electron chi connectivity index (χ2n) is 21.9. The van der Waals surface area contributed by atoms with Crippen molar-refractivity contribution in [2.45, 2.75) is 257 Å². The zero-order valence-corrected chi connectivity index (χ0v) is 51.2. The molecule has 0 heterocycles. The molecule has 0 rings (SSSR count). The van der Waals surface area contributed by atoms with Crippen molar-refractivity contribution in [3.63, 3.8) is 0 Å². The fourth-order valence-electron chi connectivity index (χ4n) is 8.41. The first-order chi connectivity index (χ1) is 38.6. The second-order valence-corrected chi connectivity index (χ2v) is 21.9. The van der Waals surface area contributed by atoms with Crippen molar-refractivity contribution in [3.8, 4) is 0 Å². The lowest BCUT2D eigenvalue weighted by atomic mass is 10.0. The van der Waals surface area contributed by atoms with Gasteiger partial charge in [-0.2, -0.15) is 0 Å². The van der Waals surface area contributed by atoms with Crippen LogP contribution in [0.2, 0.25) is 0 Å². The summed E-state index contributed by atoms with van der Waals surface area (Å²) >= 11 is 0. The van der Waals surface area contributed by atoms with Gasteiger partial charge in [0.2, 0.25) is 0 Å². The van der Waals surface area contributed by atoms with Crippen molar-refractivity contribution in [3.05, 3.63) is 122 Å². The standard InChI is InChI=1S/C70H117NO8/c1-6-8-10-12-14-16-18-20-22-24-26-28-30-32-34-36-38-40-42-44-46-48-50-52-54-56-58-60-67(72)77-64-66(65-78-70(69(74)75)76-63-62-71(3,4)5)79-68(73)61-59-57-55-53-51-49-47-45-43-41-39-37-35-33-31-29-27-25-23-21-19-17-15-13-11-9-7-2/h8-11,14-17,20-23,26-29,32-35,66,70H,6-7,12-13,18-19,24-25,30-31,36-65H2,1-5H3/b10-8-,11-9-,16-14-,17-15-,22-20-,23-21-,28-26-,29-27-,34-32-,35-33-. The highest BCUT2D eigenvalue weighted by molar-refractivity contribution is 5.70. The molecule has 0 bridgehead atoms. The molecule has 0 spiro atoms. The Morgan fingerprint density at radius 1 is 0.380 bits per heavy atom. The van der Waals surface area contributed by atoms with Crippen LogP contribution >= 0.6 is 0 Å². The van der Waals surface area contributed by atoms with Crippen molar-refractivity contribution < 1.29 is 42.9 Å². The summed E-state index contributed by atoms with van der Waals surface area (Å²) < 4.78 is 22.8. The monoisotopic (exact) mass is 1100 g/mol. The highest BCUT2D eigenvalue weighted by Crippen LogP contribution is 2.16. The van der Waals surface area contributed by atoms with E-state index in [-0.39, 0.29) is 38.6 Å². The maximum atomic E-state index is 12.9. The van der Waals surface area contributed by atoms with Crippen molar-refractivity contribution in [2.75, 3.05) is 47.5 Å². The molecule has 2 atom stereocenters. The van der Waals surface area contributed by atoms with Gasteiger partial charge in [-0.05, 0) is 103 Å². The molecule has 0 N–H and O–H groups in total. The van der Waals surface area contributed by atoms with Crippen LogP contribution in [0.1, 0.15) is 245 Å². The molecular formula is C70H117NO8.